The Morgan fingerprint density at radius 2 is 2.17 bits per heavy atom. The smallest absolute Gasteiger partial charge is 0.254 e. The minimum absolute atomic E-state index is 0.0597. The second-order valence-electron chi connectivity index (χ2n) is 5.14. The minimum Gasteiger partial charge on any atom is -0.492 e. The van der Waals surface area contributed by atoms with Crippen LogP contribution in [0.5, 0.6) is 5.75 Å². The van der Waals surface area contributed by atoms with Gasteiger partial charge >= 0.3 is 0 Å². The Morgan fingerprint density at radius 1 is 1.35 bits per heavy atom. The second kappa shape index (κ2) is 7.32. The lowest BCUT2D eigenvalue weighted by atomic mass is 10.1. The average molecular weight is 331 g/mol. The minimum atomic E-state index is -0.230. The molecule has 1 aliphatic rings. The van der Waals surface area contributed by atoms with Gasteiger partial charge < -0.3 is 10.1 Å². The third kappa shape index (κ3) is 3.92. The number of thioether (sulfide) groups is 1. The van der Waals surface area contributed by atoms with Gasteiger partial charge in [-0.05, 0) is 12.1 Å². The topological polar surface area (TPSA) is 73.2 Å². The molecule has 0 spiro atoms. The molecule has 0 fully saturated rings. The molecule has 0 saturated carbocycles. The van der Waals surface area contributed by atoms with Crippen molar-refractivity contribution in [3.63, 3.8) is 0 Å². The second-order valence-corrected chi connectivity index (χ2v) is 6.12. The van der Waals surface area contributed by atoms with Gasteiger partial charge in [0.2, 0.25) is 5.91 Å². The summed E-state index contributed by atoms with van der Waals surface area (Å²) in [6.07, 6.45) is 1.50. The Labute approximate surface area is 137 Å². The van der Waals surface area contributed by atoms with Crippen molar-refractivity contribution in [2.45, 2.75) is 11.7 Å². The summed E-state index contributed by atoms with van der Waals surface area (Å²) in [6.45, 7) is 1.22. The maximum absolute atomic E-state index is 12.2. The molecule has 120 valence electrons. The highest BCUT2D eigenvalue weighted by Gasteiger charge is 2.26. The van der Waals surface area contributed by atoms with E-state index in [1.54, 1.807) is 4.57 Å². The molecular formula is C16H17N3O3S. The summed E-state index contributed by atoms with van der Waals surface area (Å²) in [5.74, 6) is 1.12. The van der Waals surface area contributed by atoms with E-state index in [9.17, 15) is 9.59 Å². The molecule has 1 amide bonds. The number of nitrogens with one attached hydrogen (secondary N) is 1. The van der Waals surface area contributed by atoms with Crippen LogP contribution in [0.25, 0.3) is 0 Å². The molecule has 0 bridgehead atoms. The molecule has 3 rings (SSSR count). The van der Waals surface area contributed by atoms with Crippen LogP contribution in [0.15, 0.2) is 52.5 Å². The van der Waals surface area contributed by atoms with Crippen molar-refractivity contribution in [2.75, 3.05) is 18.9 Å². The maximum Gasteiger partial charge on any atom is 0.254 e. The normalized spacial score (nSPS) is 16.4. The highest BCUT2D eigenvalue weighted by atomic mass is 32.2. The Morgan fingerprint density at radius 3 is 3.00 bits per heavy atom. The summed E-state index contributed by atoms with van der Waals surface area (Å²) in [5.41, 5.74) is -0.118. The molecule has 0 saturated heterocycles. The predicted molar refractivity (Wildman–Crippen MR) is 87.7 cm³/mol. The van der Waals surface area contributed by atoms with Gasteiger partial charge in [0.05, 0.1) is 12.5 Å². The van der Waals surface area contributed by atoms with Gasteiger partial charge in [-0.15, -0.1) is 0 Å². The van der Waals surface area contributed by atoms with Crippen molar-refractivity contribution in [2.24, 2.45) is 5.92 Å². The maximum atomic E-state index is 12.2. The molecule has 1 aromatic carbocycles. The summed E-state index contributed by atoms with van der Waals surface area (Å²) in [7, 11) is 0. The van der Waals surface area contributed by atoms with E-state index in [2.05, 4.69) is 10.3 Å². The number of nitrogens with zero attached hydrogens (tertiary/aromatic N) is 2. The van der Waals surface area contributed by atoms with E-state index in [1.807, 2.05) is 30.3 Å². The molecule has 0 radical (unpaired) electrons. The van der Waals surface area contributed by atoms with Crippen LogP contribution in [-0.4, -0.2) is 34.4 Å². The van der Waals surface area contributed by atoms with Gasteiger partial charge in [0, 0.05) is 24.6 Å². The number of aromatic nitrogens is 2. The Hall–Kier alpha value is -2.28. The molecule has 1 N–H and O–H groups in total. The predicted octanol–water partition coefficient (Wildman–Crippen LogP) is 1.16. The van der Waals surface area contributed by atoms with Gasteiger partial charge in [-0.2, -0.15) is 0 Å². The number of fused-ring (bicyclic) bond motifs is 1. The van der Waals surface area contributed by atoms with Crippen molar-refractivity contribution in [3.8, 4) is 5.75 Å². The van der Waals surface area contributed by atoms with E-state index in [4.69, 9.17) is 4.74 Å². The lowest BCUT2D eigenvalue weighted by Gasteiger charge is -2.23. The Kier molecular flexibility index (Phi) is 4.97. The number of hydrogen-bond donors (Lipinski definition) is 1. The number of carbonyl (C=O) groups excluding carboxylic acids is 1. The van der Waals surface area contributed by atoms with Crippen LogP contribution >= 0.6 is 11.8 Å². The number of carbonyl (C=O) groups is 1. The first kappa shape index (κ1) is 15.6. The van der Waals surface area contributed by atoms with Crippen LogP contribution in [0.2, 0.25) is 0 Å². The fraction of sp³-hybridized carbons (Fsp3) is 0.312. The molecule has 2 aromatic rings. The molecule has 0 aliphatic carbocycles. The van der Waals surface area contributed by atoms with Crippen LogP contribution < -0.4 is 15.6 Å². The van der Waals surface area contributed by atoms with E-state index in [1.165, 1.54) is 24.0 Å². The number of para-hydroxylation sites is 1. The van der Waals surface area contributed by atoms with Crippen molar-refractivity contribution in [1.29, 1.82) is 0 Å². The van der Waals surface area contributed by atoms with Crippen molar-refractivity contribution >= 4 is 17.7 Å². The fourth-order valence-corrected chi connectivity index (χ4v) is 3.38. The molecule has 23 heavy (non-hydrogen) atoms. The standard InChI is InChI=1S/C16H17N3O3S/c20-14-6-7-18-16-19(14)10-12(11-23-16)15(21)17-8-9-22-13-4-2-1-3-5-13/h1-7,12H,8-11H2,(H,17,21). The first-order chi connectivity index (χ1) is 11.2. The zero-order chi connectivity index (χ0) is 16.1. The fourth-order valence-electron chi connectivity index (χ4n) is 2.31. The highest BCUT2D eigenvalue weighted by molar-refractivity contribution is 7.99. The third-order valence-corrected chi connectivity index (χ3v) is 4.65. The zero-order valence-electron chi connectivity index (χ0n) is 12.5. The van der Waals surface area contributed by atoms with Crippen molar-refractivity contribution < 1.29 is 9.53 Å². The van der Waals surface area contributed by atoms with E-state index in [0.717, 1.165) is 5.75 Å². The number of benzene rings is 1. The van der Waals surface area contributed by atoms with Gasteiger partial charge in [0.1, 0.15) is 12.4 Å². The number of rotatable bonds is 5. The Bertz CT molecular complexity index is 733. The lowest BCUT2D eigenvalue weighted by molar-refractivity contribution is -0.124. The monoisotopic (exact) mass is 331 g/mol. The molecule has 1 unspecified atom stereocenters. The zero-order valence-corrected chi connectivity index (χ0v) is 13.3. The Balaban J connectivity index is 1.48. The molecular weight excluding hydrogens is 314 g/mol. The van der Waals surface area contributed by atoms with E-state index >= 15 is 0 Å². The average Bonchev–Trinajstić information content (AvgIpc) is 2.59. The van der Waals surface area contributed by atoms with Gasteiger partial charge in [-0.3, -0.25) is 14.2 Å². The third-order valence-electron chi connectivity index (χ3n) is 3.50. The van der Waals surface area contributed by atoms with Crippen molar-refractivity contribution in [1.82, 2.24) is 14.9 Å². The number of amides is 1. The largest absolute Gasteiger partial charge is 0.492 e. The van der Waals surface area contributed by atoms with Crippen molar-refractivity contribution in [3.05, 3.63) is 52.9 Å². The summed E-state index contributed by atoms with van der Waals surface area (Å²) in [5, 5.41) is 3.53. The van der Waals surface area contributed by atoms with E-state index in [0.29, 0.717) is 30.6 Å². The summed E-state index contributed by atoms with van der Waals surface area (Å²) in [6, 6.07) is 10.9. The van der Waals surface area contributed by atoms with E-state index < -0.39 is 0 Å². The quantitative estimate of drug-likeness (QED) is 0.657. The number of ether oxygens (including phenoxy) is 1. The summed E-state index contributed by atoms with van der Waals surface area (Å²) >= 11 is 1.44. The van der Waals surface area contributed by atoms with Crippen LogP contribution in [0.1, 0.15) is 0 Å². The molecule has 1 aliphatic heterocycles. The van der Waals surface area contributed by atoms with E-state index in [-0.39, 0.29) is 17.4 Å². The van der Waals surface area contributed by atoms with Crippen LogP contribution in [-0.2, 0) is 11.3 Å². The molecule has 2 heterocycles. The lowest BCUT2D eigenvalue weighted by Crippen LogP contribution is -2.40. The van der Waals surface area contributed by atoms with Crippen LogP contribution in [0.3, 0.4) is 0 Å². The molecule has 7 heteroatoms. The first-order valence-electron chi connectivity index (χ1n) is 7.38. The van der Waals surface area contributed by atoms with Crippen LogP contribution in [0.4, 0.5) is 0 Å². The molecule has 6 nitrogen and oxygen atoms in total. The summed E-state index contributed by atoms with van der Waals surface area (Å²) < 4.78 is 7.09. The first-order valence-corrected chi connectivity index (χ1v) is 8.37. The van der Waals surface area contributed by atoms with Crippen LogP contribution in [0, 0.1) is 5.92 Å². The molecule has 1 atom stereocenters. The highest BCUT2D eigenvalue weighted by Crippen LogP contribution is 2.24. The van der Waals surface area contributed by atoms with Gasteiger partial charge in [0.15, 0.2) is 5.16 Å². The SMILES string of the molecule is O=C(NCCOc1ccccc1)C1CSc2nccc(=O)n2C1. The summed E-state index contributed by atoms with van der Waals surface area (Å²) in [4.78, 5) is 28.2. The number of hydrogen-bond acceptors (Lipinski definition) is 5. The van der Waals surface area contributed by atoms with Gasteiger partial charge in [-0.25, -0.2) is 4.98 Å². The van der Waals surface area contributed by atoms with Gasteiger partial charge in [0.25, 0.3) is 5.56 Å². The molecule has 1 aromatic heterocycles. The van der Waals surface area contributed by atoms with Gasteiger partial charge in [-0.1, -0.05) is 30.0 Å².